The molecule has 0 aliphatic rings. The Kier molecular flexibility index (Phi) is 5.62. The molecule has 0 unspecified atom stereocenters. The third kappa shape index (κ3) is 5.05. The van der Waals surface area contributed by atoms with E-state index < -0.39 is 0 Å². The van der Waals surface area contributed by atoms with Crippen LogP contribution in [0.3, 0.4) is 0 Å². The first-order valence-electron chi connectivity index (χ1n) is 6.56. The van der Waals surface area contributed by atoms with Crippen molar-refractivity contribution in [2.24, 2.45) is 0 Å². The number of carbonyl (C=O) groups is 1. The number of hydrogen-bond acceptors (Lipinski definition) is 2. The predicted octanol–water partition coefficient (Wildman–Crippen LogP) is 4.03. The van der Waals surface area contributed by atoms with E-state index in [9.17, 15) is 4.79 Å². The van der Waals surface area contributed by atoms with E-state index in [1.54, 1.807) is 18.2 Å². The fourth-order valence-corrected chi connectivity index (χ4v) is 2.48. The largest absolute Gasteiger partial charge is 0.325 e. The van der Waals surface area contributed by atoms with E-state index in [4.69, 9.17) is 23.2 Å². The molecule has 2 aromatic rings. The van der Waals surface area contributed by atoms with Gasteiger partial charge in [0, 0.05) is 22.3 Å². The minimum Gasteiger partial charge on any atom is -0.325 e. The molecule has 2 aromatic carbocycles. The average molecular weight is 323 g/mol. The topological polar surface area (TPSA) is 41.1 Å². The zero-order chi connectivity index (χ0) is 15.2. The molecule has 3 nitrogen and oxygen atoms in total. The van der Waals surface area contributed by atoms with Crippen LogP contribution < -0.4 is 10.6 Å². The van der Waals surface area contributed by atoms with Crippen LogP contribution in [0.2, 0.25) is 10.0 Å². The summed E-state index contributed by atoms with van der Waals surface area (Å²) in [6.45, 7) is 2.92. The van der Waals surface area contributed by atoms with E-state index in [0.29, 0.717) is 22.3 Å². The van der Waals surface area contributed by atoms with Gasteiger partial charge >= 0.3 is 0 Å². The van der Waals surface area contributed by atoms with Gasteiger partial charge in [0.1, 0.15) is 0 Å². The summed E-state index contributed by atoms with van der Waals surface area (Å²) in [6.07, 6.45) is 0. The molecule has 0 bridgehead atoms. The molecule has 2 rings (SSSR count). The molecule has 0 aliphatic carbocycles. The third-order valence-electron chi connectivity index (χ3n) is 3.01. The van der Waals surface area contributed by atoms with Gasteiger partial charge in [-0.15, -0.1) is 0 Å². The van der Waals surface area contributed by atoms with Gasteiger partial charge in [-0.25, -0.2) is 0 Å². The van der Waals surface area contributed by atoms with Gasteiger partial charge in [-0.3, -0.25) is 4.79 Å². The van der Waals surface area contributed by atoms with Crippen molar-refractivity contribution in [1.29, 1.82) is 0 Å². The van der Waals surface area contributed by atoms with Gasteiger partial charge in [0.25, 0.3) is 0 Å². The summed E-state index contributed by atoms with van der Waals surface area (Å²) in [5.41, 5.74) is 2.97. The molecule has 0 saturated carbocycles. The summed E-state index contributed by atoms with van der Waals surface area (Å²) < 4.78 is 0. The lowest BCUT2D eigenvalue weighted by Crippen LogP contribution is -2.27. The first-order valence-corrected chi connectivity index (χ1v) is 7.31. The molecule has 0 radical (unpaired) electrons. The Labute approximate surface area is 134 Å². The second kappa shape index (κ2) is 7.46. The normalized spacial score (nSPS) is 10.4. The first-order chi connectivity index (χ1) is 10.0. The highest BCUT2D eigenvalue weighted by Gasteiger charge is 2.04. The van der Waals surface area contributed by atoms with Crippen LogP contribution in [0.5, 0.6) is 0 Å². The fourth-order valence-electron chi connectivity index (χ4n) is 1.95. The van der Waals surface area contributed by atoms with Crippen molar-refractivity contribution in [2.45, 2.75) is 13.5 Å². The van der Waals surface area contributed by atoms with E-state index >= 15 is 0 Å². The Morgan fingerprint density at radius 3 is 2.43 bits per heavy atom. The lowest BCUT2D eigenvalue weighted by atomic mass is 10.1. The van der Waals surface area contributed by atoms with Crippen LogP contribution in [0.1, 0.15) is 11.1 Å². The Hall–Kier alpha value is -1.55. The maximum absolute atomic E-state index is 11.9. The van der Waals surface area contributed by atoms with Crippen molar-refractivity contribution in [3.63, 3.8) is 0 Å². The van der Waals surface area contributed by atoms with E-state index in [-0.39, 0.29) is 12.5 Å². The lowest BCUT2D eigenvalue weighted by molar-refractivity contribution is -0.115. The average Bonchev–Trinajstić information content (AvgIpc) is 2.39. The van der Waals surface area contributed by atoms with Crippen LogP contribution in [0.4, 0.5) is 5.69 Å². The highest BCUT2D eigenvalue weighted by molar-refractivity contribution is 6.35. The zero-order valence-electron chi connectivity index (χ0n) is 11.6. The number of benzene rings is 2. The van der Waals surface area contributed by atoms with Crippen molar-refractivity contribution in [1.82, 2.24) is 5.32 Å². The summed E-state index contributed by atoms with van der Waals surface area (Å²) in [7, 11) is 0. The minimum atomic E-state index is -0.137. The second-order valence-electron chi connectivity index (χ2n) is 4.74. The van der Waals surface area contributed by atoms with Crippen molar-refractivity contribution in [2.75, 3.05) is 11.9 Å². The Morgan fingerprint density at radius 1 is 1.10 bits per heavy atom. The number of halogens is 2. The molecule has 0 spiro atoms. The predicted molar refractivity (Wildman–Crippen MR) is 88.0 cm³/mol. The van der Waals surface area contributed by atoms with Crippen molar-refractivity contribution in [3.05, 3.63) is 63.6 Å². The van der Waals surface area contributed by atoms with E-state index in [1.807, 2.05) is 31.2 Å². The Morgan fingerprint density at radius 2 is 1.76 bits per heavy atom. The second-order valence-corrected chi connectivity index (χ2v) is 5.61. The minimum absolute atomic E-state index is 0.137. The summed E-state index contributed by atoms with van der Waals surface area (Å²) in [4.78, 5) is 11.9. The number of carbonyl (C=O) groups excluding carboxylic acids is 1. The summed E-state index contributed by atoms with van der Waals surface area (Å²) in [5.74, 6) is -0.137. The molecule has 0 heterocycles. The molecule has 0 atom stereocenters. The fraction of sp³-hybridized carbons (Fsp3) is 0.188. The van der Waals surface area contributed by atoms with Crippen molar-refractivity contribution in [3.8, 4) is 0 Å². The van der Waals surface area contributed by atoms with Crippen LogP contribution in [0.25, 0.3) is 0 Å². The Bertz CT molecular complexity index is 624. The van der Waals surface area contributed by atoms with Crippen molar-refractivity contribution < 1.29 is 4.79 Å². The highest BCUT2D eigenvalue weighted by Crippen LogP contribution is 2.22. The summed E-state index contributed by atoms with van der Waals surface area (Å²) >= 11 is 11.8. The first kappa shape index (κ1) is 15.8. The van der Waals surface area contributed by atoms with Gasteiger partial charge in [-0.1, -0.05) is 47.5 Å². The number of rotatable bonds is 5. The molecular weight excluding hydrogens is 307 g/mol. The molecule has 2 N–H and O–H groups in total. The molecule has 21 heavy (non-hydrogen) atoms. The summed E-state index contributed by atoms with van der Waals surface area (Å²) in [6, 6.07) is 13.0. The molecule has 0 fully saturated rings. The van der Waals surface area contributed by atoms with E-state index in [0.717, 1.165) is 0 Å². The van der Waals surface area contributed by atoms with Gasteiger partial charge in [0.15, 0.2) is 0 Å². The van der Waals surface area contributed by atoms with Gasteiger partial charge in [0.2, 0.25) is 5.91 Å². The van der Waals surface area contributed by atoms with E-state index in [1.165, 1.54) is 11.1 Å². The van der Waals surface area contributed by atoms with E-state index in [2.05, 4.69) is 10.6 Å². The Balaban J connectivity index is 1.84. The molecule has 0 saturated heterocycles. The van der Waals surface area contributed by atoms with Crippen LogP contribution in [-0.2, 0) is 11.3 Å². The van der Waals surface area contributed by atoms with Crippen LogP contribution >= 0.6 is 23.2 Å². The SMILES string of the molecule is Cc1ccccc1CNCC(=O)Nc1cc(Cl)cc(Cl)c1. The lowest BCUT2D eigenvalue weighted by Gasteiger charge is -2.09. The molecular formula is C16H16Cl2N2O. The maximum Gasteiger partial charge on any atom is 0.238 e. The standard InChI is InChI=1S/C16H16Cl2N2O/c1-11-4-2-3-5-12(11)9-19-10-16(21)20-15-7-13(17)6-14(18)8-15/h2-8,19H,9-10H2,1H3,(H,20,21). The quantitative estimate of drug-likeness (QED) is 0.872. The zero-order valence-corrected chi connectivity index (χ0v) is 13.1. The van der Waals surface area contributed by atoms with Gasteiger partial charge < -0.3 is 10.6 Å². The number of hydrogen-bond donors (Lipinski definition) is 2. The maximum atomic E-state index is 11.9. The number of anilines is 1. The van der Waals surface area contributed by atoms with Crippen molar-refractivity contribution >= 4 is 34.8 Å². The summed E-state index contributed by atoms with van der Waals surface area (Å²) in [5, 5.41) is 6.85. The molecule has 5 heteroatoms. The van der Waals surface area contributed by atoms with Crippen LogP contribution in [0, 0.1) is 6.92 Å². The monoisotopic (exact) mass is 322 g/mol. The van der Waals surface area contributed by atoms with Gasteiger partial charge in [0.05, 0.1) is 6.54 Å². The van der Waals surface area contributed by atoms with Crippen LogP contribution in [0.15, 0.2) is 42.5 Å². The number of amides is 1. The third-order valence-corrected chi connectivity index (χ3v) is 3.45. The molecule has 110 valence electrons. The molecule has 1 amide bonds. The number of aryl methyl sites for hydroxylation is 1. The van der Waals surface area contributed by atoms with Gasteiger partial charge in [-0.2, -0.15) is 0 Å². The van der Waals surface area contributed by atoms with Gasteiger partial charge in [-0.05, 0) is 36.2 Å². The molecule has 0 aliphatic heterocycles. The smallest absolute Gasteiger partial charge is 0.238 e. The highest BCUT2D eigenvalue weighted by atomic mass is 35.5. The molecule has 0 aromatic heterocycles. The van der Waals surface area contributed by atoms with Crippen LogP contribution in [-0.4, -0.2) is 12.5 Å². The number of nitrogens with one attached hydrogen (secondary N) is 2.